The van der Waals surface area contributed by atoms with E-state index in [0.717, 1.165) is 25.3 Å². The zero-order valence-electron chi connectivity index (χ0n) is 5.15. The van der Waals surface area contributed by atoms with Crippen molar-refractivity contribution < 1.29 is 0 Å². The van der Waals surface area contributed by atoms with E-state index >= 15 is 0 Å². The number of piperazine rings is 1. The monoisotopic (exact) mass is 147 g/mol. The first-order valence-corrected chi connectivity index (χ1v) is 3.24. The molecule has 0 radical (unpaired) electrons. The summed E-state index contributed by atoms with van der Waals surface area (Å²) in [6.07, 6.45) is 0. The molecule has 9 heavy (non-hydrogen) atoms. The summed E-state index contributed by atoms with van der Waals surface area (Å²) in [7, 11) is 0. The first kappa shape index (κ1) is 6.86. The lowest BCUT2D eigenvalue weighted by Gasteiger charge is -2.28. The summed E-state index contributed by atoms with van der Waals surface area (Å²) < 4.78 is 0. The smallest absolute Gasteiger partial charge is 0.0479 e. The molecular formula is C5H10ClN3. The third kappa shape index (κ3) is 1.58. The van der Waals surface area contributed by atoms with Crippen LogP contribution in [0.15, 0.2) is 12.3 Å². The molecule has 0 aliphatic carbocycles. The number of nitrogens with zero attached hydrogens (tertiary/aromatic N) is 1. The summed E-state index contributed by atoms with van der Waals surface area (Å²) in [6.45, 7) is 6.44. The molecule has 0 aromatic heterocycles. The molecule has 1 heterocycles. The van der Waals surface area contributed by atoms with Gasteiger partial charge in [-0.15, -0.1) is 4.94 Å². The quantitative estimate of drug-likeness (QED) is 0.514. The fourth-order valence-corrected chi connectivity index (χ4v) is 0.983. The molecule has 0 atom stereocenters. The van der Waals surface area contributed by atoms with Gasteiger partial charge < -0.3 is 5.32 Å². The van der Waals surface area contributed by atoms with Crippen LogP contribution in [0.5, 0.6) is 0 Å². The number of hydrazine groups is 1. The normalized spacial score (nSPS) is 20.6. The minimum Gasteiger partial charge on any atom is -0.309 e. The third-order valence-corrected chi connectivity index (χ3v) is 1.53. The molecule has 0 aromatic rings. The van der Waals surface area contributed by atoms with Gasteiger partial charge in [0, 0.05) is 25.3 Å². The van der Waals surface area contributed by atoms with E-state index < -0.39 is 0 Å². The second-order valence-electron chi connectivity index (χ2n) is 1.98. The Morgan fingerprint density at radius 3 is 3.00 bits per heavy atom. The zero-order valence-corrected chi connectivity index (χ0v) is 5.91. The van der Waals surface area contributed by atoms with Gasteiger partial charge in [-0.1, -0.05) is 6.58 Å². The average Bonchev–Trinajstić information content (AvgIpc) is 1.89. The Hall–Kier alpha value is -0.250. The Kier molecular flexibility index (Phi) is 2.33. The number of nitrogens with one attached hydrogen (secondary N) is 2. The summed E-state index contributed by atoms with van der Waals surface area (Å²) in [5.74, 6) is 0. The van der Waals surface area contributed by atoms with Gasteiger partial charge in [0.25, 0.3) is 0 Å². The molecule has 2 N–H and O–H groups in total. The summed E-state index contributed by atoms with van der Waals surface area (Å²) >= 11 is 5.36. The van der Waals surface area contributed by atoms with Crippen LogP contribution < -0.4 is 10.3 Å². The SMILES string of the molecule is C=C1CNCCN1NCl. The molecular weight excluding hydrogens is 138 g/mol. The number of hydrogen-bond donors (Lipinski definition) is 2. The van der Waals surface area contributed by atoms with E-state index in [1.165, 1.54) is 0 Å². The summed E-state index contributed by atoms with van der Waals surface area (Å²) in [5, 5.41) is 4.98. The fourth-order valence-electron chi connectivity index (χ4n) is 0.779. The highest BCUT2D eigenvalue weighted by Crippen LogP contribution is 1.99. The molecule has 0 amide bonds. The first-order chi connectivity index (χ1) is 4.34. The molecule has 1 saturated heterocycles. The number of rotatable bonds is 1. The molecule has 0 unspecified atom stereocenters. The van der Waals surface area contributed by atoms with Crippen molar-refractivity contribution in [1.82, 2.24) is 15.3 Å². The summed E-state index contributed by atoms with van der Waals surface area (Å²) in [5.41, 5.74) is 0.983. The minimum atomic E-state index is 0.819. The van der Waals surface area contributed by atoms with E-state index in [2.05, 4.69) is 16.8 Å². The van der Waals surface area contributed by atoms with Crippen LogP contribution in [0.25, 0.3) is 0 Å². The van der Waals surface area contributed by atoms with E-state index in [4.69, 9.17) is 11.8 Å². The van der Waals surface area contributed by atoms with Gasteiger partial charge in [0.05, 0.1) is 0 Å². The number of halogens is 1. The molecule has 52 valence electrons. The van der Waals surface area contributed by atoms with Gasteiger partial charge in [0.1, 0.15) is 0 Å². The Bertz CT molecular complexity index is 115. The Labute approximate surface area is 59.7 Å². The van der Waals surface area contributed by atoms with Crippen molar-refractivity contribution in [3.05, 3.63) is 12.3 Å². The van der Waals surface area contributed by atoms with Crippen molar-refractivity contribution in [3.63, 3.8) is 0 Å². The highest BCUT2D eigenvalue weighted by atomic mass is 35.5. The molecule has 4 heteroatoms. The molecule has 1 fully saturated rings. The summed E-state index contributed by atoms with van der Waals surface area (Å²) in [6, 6.07) is 0. The molecule has 1 rings (SSSR count). The molecule has 1 aliphatic rings. The van der Waals surface area contributed by atoms with Gasteiger partial charge in [-0.25, -0.2) is 0 Å². The van der Waals surface area contributed by atoms with Crippen LogP contribution in [0, 0.1) is 0 Å². The Morgan fingerprint density at radius 2 is 2.56 bits per heavy atom. The maximum absolute atomic E-state index is 5.36. The fraction of sp³-hybridized carbons (Fsp3) is 0.600. The van der Waals surface area contributed by atoms with E-state index in [1.54, 1.807) is 0 Å². The van der Waals surface area contributed by atoms with Crippen LogP contribution in [0.4, 0.5) is 0 Å². The molecule has 3 nitrogen and oxygen atoms in total. The van der Waals surface area contributed by atoms with Crippen molar-refractivity contribution in [2.24, 2.45) is 0 Å². The summed E-state index contributed by atoms with van der Waals surface area (Å²) in [4.78, 5) is 2.52. The number of hydrogen-bond acceptors (Lipinski definition) is 3. The standard InChI is InChI=1S/C5H10ClN3/c1-5-4-7-2-3-9(5)8-6/h7-8H,1-4H2. The van der Waals surface area contributed by atoms with Crippen molar-refractivity contribution in [2.75, 3.05) is 19.6 Å². The molecule has 0 spiro atoms. The third-order valence-electron chi connectivity index (χ3n) is 1.32. The highest BCUT2D eigenvalue weighted by Gasteiger charge is 2.09. The molecule has 0 bridgehead atoms. The van der Waals surface area contributed by atoms with Gasteiger partial charge in [0.15, 0.2) is 0 Å². The van der Waals surface area contributed by atoms with Crippen LogP contribution in [0.3, 0.4) is 0 Å². The second kappa shape index (κ2) is 3.06. The predicted molar refractivity (Wildman–Crippen MR) is 37.7 cm³/mol. The van der Waals surface area contributed by atoms with E-state index in [0.29, 0.717) is 0 Å². The molecule has 1 aliphatic heterocycles. The van der Waals surface area contributed by atoms with Crippen LogP contribution in [0.1, 0.15) is 0 Å². The van der Waals surface area contributed by atoms with Crippen molar-refractivity contribution in [3.8, 4) is 0 Å². The Morgan fingerprint density at radius 1 is 1.78 bits per heavy atom. The van der Waals surface area contributed by atoms with E-state index in [1.807, 2.05) is 5.01 Å². The van der Waals surface area contributed by atoms with E-state index in [9.17, 15) is 0 Å². The van der Waals surface area contributed by atoms with Gasteiger partial charge in [-0.2, -0.15) is 0 Å². The average molecular weight is 148 g/mol. The minimum absolute atomic E-state index is 0.819. The predicted octanol–water partition coefficient (Wildman–Crippen LogP) is 0.0637. The van der Waals surface area contributed by atoms with Crippen molar-refractivity contribution >= 4 is 11.8 Å². The lowest BCUT2D eigenvalue weighted by atomic mass is 10.3. The van der Waals surface area contributed by atoms with Crippen molar-refractivity contribution in [1.29, 1.82) is 0 Å². The zero-order chi connectivity index (χ0) is 6.69. The van der Waals surface area contributed by atoms with Crippen LogP contribution >= 0.6 is 11.8 Å². The van der Waals surface area contributed by atoms with Gasteiger partial charge >= 0.3 is 0 Å². The topological polar surface area (TPSA) is 27.3 Å². The second-order valence-corrected chi connectivity index (χ2v) is 2.15. The molecule has 0 aromatic carbocycles. The van der Waals surface area contributed by atoms with Gasteiger partial charge in [-0.3, -0.25) is 5.01 Å². The van der Waals surface area contributed by atoms with E-state index in [-0.39, 0.29) is 0 Å². The Balaban J connectivity index is 2.39. The lowest BCUT2D eigenvalue weighted by Crippen LogP contribution is -2.45. The van der Waals surface area contributed by atoms with Crippen LogP contribution in [-0.4, -0.2) is 24.6 Å². The van der Waals surface area contributed by atoms with Crippen LogP contribution in [-0.2, 0) is 0 Å². The van der Waals surface area contributed by atoms with Gasteiger partial charge in [-0.05, 0) is 11.8 Å². The first-order valence-electron chi connectivity index (χ1n) is 2.87. The van der Waals surface area contributed by atoms with Crippen LogP contribution in [0.2, 0.25) is 0 Å². The van der Waals surface area contributed by atoms with Gasteiger partial charge in [0.2, 0.25) is 0 Å². The lowest BCUT2D eigenvalue weighted by molar-refractivity contribution is 0.277. The maximum atomic E-state index is 5.36. The maximum Gasteiger partial charge on any atom is 0.0479 e. The highest BCUT2D eigenvalue weighted by molar-refractivity contribution is 6.13. The molecule has 0 saturated carbocycles. The van der Waals surface area contributed by atoms with Crippen molar-refractivity contribution in [2.45, 2.75) is 0 Å². The largest absolute Gasteiger partial charge is 0.309 e.